The Bertz CT molecular complexity index is 1050. The molecule has 7 heteroatoms. The fraction of sp³-hybridized carbons (Fsp3) is 0.217. The number of anilines is 1. The SMILES string of the molecule is COC(=O)CNC(=O)c1ccc(NC[C@@H](N)CS)cc1-c1cccc2ccccc12. The van der Waals surface area contributed by atoms with E-state index in [9.17, 15) is 9.59 Å². The third-order valence-electron chi connectivity index (χ3n) is 4.77. The number of esters is 1. The van der Waals surface area contributed by atoms with Gasteiger partial charge in [0, 0.05) is 29.6 Å². The standard InChI is InChI=1S/C23H25N3O3S/c1-29-22(27)13-26-23(28)20-10-9-17(25-12-16(24)14-30)11-21(20)19-8-4-6-15-5-2-3-7-18(15)19/h2-11,16,25,30H,12-14,24H2,1H3,(H,26,28)/t16-/m1/s1. The molecule has 30 heavy (non-hydrogen) atoms. The zero-order valence-corrected chi connectivity index (χ0v) is 17.6. The second-order valence-electron chi connectivity index (χ2n) is 6.87. The van der Waals surface area contributed by atoms with E-state index in [1.807, 2.05) is 54.6 Å². The van der Waals surface area contributed by atoms with Crippen molar-refractivity contribution in [3.63, 3.8) is 0 Å². The van der Waals surface area contributed by atoms with Crippen molar-refractivity contribution >= 4 is 41.0 Å². The number of carbonyl (C=O) groups is 2. The molecule has 0 aliphatic carbocycles. The zero-order chi connectivity index (χ0) is 21.5. The molecule has 0 unspecified atom stereocenters. The third-order valence-corrected chi connectivity index (χ3v) is 5.24. The predicted molar refractivity (Wildman–Crippen MR) is 124 cm³/mol. The summed E-state index contributed by atoms with van der Waals surface area (Å²) < 4.78 is 4.61. The van der Waals surface area contributed by atoms with E-state index >= 15 is 0 Å². The van der Waals surface area contributed by atoms with E-state index in [0.717, 1.165) is 27.6 Å². The van der Waals surface area contributed by atoms with Gasteiger partial charge in [0.1, 0.15) is 6.54 Å². The molecular formula is C23H25N3O3S. The molecule has 0 aliphatic heterocycles. The second kappa shape index (κ2) is 10.1. The van der Waals surface area contributed by atoms with E-state index in [2.05, 4.69) is 28.0 Å². The second-order valence-corrected chi connectivity index (χ2v) is 7.23. The predicted octanol–water partition coefficient (Wildman–Crippen LogP) is 3.08. The van der Waals surface area contributed by atoms with Crippen LogP contribution in [0.1, 0.15) is 10.4 Å². The van der Waals surface area contributed by atoms with Gasteiger partial charge in [0.25, 0.3) is 5.91 Å². The van der Waals surface area contributed by atoms with E-state index in [1.54, 1.807) is 6.07 Å². The Hall–Kier alpha value is -3.03. The maximum atomic E-state index is 12.8. The van der Waals surface area contributed by atoms with E-state index in [1.165, 1.54) is 7.11 Å². The van der Waals surface area contributed by atoms with Crippen LogP contribution in [0.5, 0.6) is 0 Å². The molecule has 156 valence electrons. The van der Waals surface area contributed by atoms with Crippen LogP contribution in [-0.2, 0) is 9.53 Å². The molecule has 3 aromatic rings. The van der Waals surface area contributed by atoms with Crippen molar-refractivity contribution in [1.29, 1.82) is 0 Å². The molecule has 0 fully saturated rings. The Morgan fingerprint density at radius 2 is 1.83 bits per heavy atom. The van der Waals surface area contributed by atoms with Gasteiger partial charge in [0.15, 0.2) is 0 Å². The van der Waals surface area contributed by atoms with Crippen molar-refractivity contribution < 1.29 is 14.3 Å². The average Bonchev–Trinajstić information content (AvgIpc) is 2.80. The molecule has 0 spiro atoms. The molecule has 0 radical (unpaired) electrons. The lowest BCUT2D eigenvalue weighted by Crippen LogP contribution is -2.31. The van der Waals surface area contributed by atoms with E-state index in [4.69, 9.17) is 5.73 Å². The lowest BCUT2D eigenvalue weighted by Gasteiger charge is -2.16. The number of nitrogens with two attached hydrogens (primary N) is 1. The summed E-state index contributed by atoms with van der Waals surface area (Å²) in [7, 11) is 1.28. The van der Waals surface area contributed by atoms with Crippen LogP contribution in [0.4, 0.5) is 5.69 Å². The van der Waals surface area contributed by atoms with Crippen molar-refractivity contribution in [1.82, 2.24) is 5.32 Å². The Kier molecular flexibility index (Phi) is 7.32. The number of carbonyl (C=O) groups excluding carboxylic acids is 2. The number of hydrogen-bond acceptors (Lipinski definition) is 6. The number of fused-ring (bicyclic) bond motifs is 1. The fourth-order valence-corrected chi connectivity index (χ4v) is 3.30. The summed E-state index contributed by atoms with van der Waals surface area (Å²) in [6.07, 6.45) is 0. The van der Waals surface area contributed by atoms with Crippen LogP contribution >= 0.6 is 12.6 Å². The first-order valence-corrected chi connectivity index (χ1v) is 10.2. The highest BCUT2D eigenvalue weighted by molar-refractivity contribution is 7.80. The Balaban J connectivity index is 2.04. The van der Waals surface area contributed by atoms with Crippen molar-refractivity contribution in [2.45, 2.75) is 6.04 Å². The van der Waals surface area contributed by atoms with Crippen LogP contribution in [0, 0.1) is 0 Å². The van der Waals surface area contributed by atoms with E-state index < -0.39 is 5.97 Å². The molecular weight excluding hydrogens is 398 g/mol. The van der Waals surface area contributed by atoms with E-state index in [0.29, 0.717) is 17.9 Å². The van der Waals surface area contributed by atoms with Gasteiger partial charge in [-0.05, 0) is 40.1 Å². The summed E-state index contributed by atoms with van der Waals surface area (Å²) in [4.78, 5) is 24.3. The molecule has 3 rings (SSSR count). The topological polar surface area (TPSA) is 93.4 Å². The van der Waals surface area contributed by atoms with Gasteiger partial charge in [-0.1, -0.05) is 42.5 Å². The number of amides is 1. The Labute approximate surface area is 181 Å². The van der Waals surface area contributed by atoms with Crippen LogP contribution in [0.2, 0.25) is 0 Å². The molecule has 1 atom stereocenters. The molecule has 0 aliphatic rings. The first kappa shape index (κ1) is 21.7. The van der Waals surface area contributed by atoms with Crippen LogP contribution in [0.3, 0.4) is 0 Å². The monoisotopic (exact) mass is 423 g/mol. The smallest absolute Gasteiger partial charge is 0.325 e. The van der Waals surface area contributed by atoms with Crippen LogP contribution in [-0.4, -0.2) is 43.9 Å². The number of nitrogens with one attached hydrogen (secondary N) is 2. The summed E-state index contributed by atoms with van der Waals surface area (Å²) >= 11 is 4.22. The Morgan fingerprint density at radius 3 is 2.60 bits per heavy atom. The highest BCUT2D eigenvalue weighted by atomic mass is 32.1. The van der Waals surface area contributed by atoms with Crippen molar-refractivity contribution in [2.24, 2.45) is 5.73 Å². The largest absolute Gasteiger partial charge is 0.468 e. The van der Waals surface area contributed by atoms with Gasteiger partial charge in [0.05, 0.1) is 7.11 Å². The molecule has 0 aromatic heterocycles. The highest BCUT2D eigenvalue weighted by Gasteiger charge is 2.16. The summed E-state index contributed by atoms with van der Waals surface area (Å²) in [5, 5.41) is 8.03. The average molecular weight is 424 g/mol. The number of methoxy groups -OCH3 is 1. The van der Waals surface area contributed by atoms with Gasteiger partial charge in [-0.3, -0.25) is 9.59 Å². The summed E-state index contributed by atoms with van der Waals surface area (Å²) in [6.45, 7) is 0.369. The fourth-order valence-electron chi connectivity index (χ4n) is 3.17. The molecule has 6 nitrogen and oxygen atoms in total. The number of thiol groups is 1. The van der Waals surface area contributed by atoms with Crippen molar-refractivity contribution in [3.05, 3.63) is 66.2 Å². The van der Waals surface area contributed by atoms with E-state index in [-0.39, 0.29) is 18.5 Å². The van der Waals surface area contributed by atoms with Crippen molar-refractivity contribution in [2.75, 3.05) is 31.3 Å². The van der Waals surface area contributed by atoms with Gasteiger partial charge < -0.3 is 21.1 Å². The van der Waals surface area contributed by atoms with Crippen LogP contribution in [0.25, 0.3) is 21.9 Å². The van der Waals surface area contributed by atoms with Crippen LogP contribution in [0.15, 0.2) is 60.7 Å². The quantitative estimate of drug-likeness (QED) is 0.330. The Morgan fingerprint density at radius 1 is 1.07 bits per heavy atom. The molecule has 4 N–H and O–H groups in total. The zero-order valence-electron chi connectivity index (χ0n) is 16.7. The third kappa shape index (κ3) is 5.11. The summed E-state index contributed by atoms with van der Waals surface area (Å²) in [5.74, 6) is -0.284. The minimum atomic E-state index is -0.505. The molecule has 0 saturated carbocycles. The maximum absolute atomic E-state index is 12.8. The summed E-state index contributed by atoms with van der Waals surface area (Å²) in [5.41, 5.74) is 8.97. The normalized spacial score (nSPS) is 11.7. The van der Waals surface area contributed by atoms with Gasteiger partial charge in [-0.15, -0.1) is 0 Å². The number of rotatable bonds is 8. The minimum Gasteiger partial charge on any atom is -0.468 e. The maximum Gasteiger partial charge on any atom is 0.325 e. The van der Waals surface area contributed by atoms with Gasteiger partial charge in [0.2, 0.25) is 0 Å². The minimum absolute atomic E-state index is 0.0858. The molecule has 0 bridgehead atoms. The van der Waals surface area contributed by atoms with Gasteiger partial charge in [-0.2, -0.15) is 12.6 Å². The lowest BCUT2D eigenvalue weighted by atomic mass is 9.93. The van der Waals surface area contributed by atoms with Crippen molar-refractivity contribution in [3.8, 4) is 11.1 Å². The first-order chi connectivity index (χ1) is 14.5. The highest BCUT2D eigenvalue weighted by Crippen LogP contribution is 2.33. The number of hydrogen-bond donors (Lipinski definition) is 4. The van der Waals surface area contributed by atoms with Gasteiger partial charge in [-0.25, -0.2) is 0 Å². The molecule has 3 aromatic carbocycles. The summed E-state index contributed by atoms with van der Waals surface area (Å²) in [6, 6.07) is 19.4. The molecule has 0 saturated heterocycles. The first-order valence-electron chi connectivity index (χ1n) is 9.61. The van der Waals surface area contributed by atoms with Gasteiger partial charge >= 0.3 is 5.97 Å². The number of benzene rings is 3. The van der Waals surface area contributed by atoms with Crippen LogP contribution < -0.4 is 16.4 Å². The molecule has 0 heterocycles. The molecule has 1 amide bonds. The number of ether oxygens (including phenoxy) is 1. The lowest BCUT2D eigenvalue weighted by molar-refractivity contribution is -0.139.